The second-order valence-electron chi connectivity index (χ2n) is 6.81. The third-order valence-electron chi connectivity index (χ3n) is 4.83. The monoisotopic (exact) mass is 350 g/mol. The fourth-order valence-electron chi connectivity index (χ4n) is 3.35. The maximum absolute atomic E-state index is 12.4. The van der Waals surface area contributed by atoms with E-state index in [0.717, 1.165) is 25.7 Å². The number of nitrogens with zero attached hydrogens (tertiary/aromatic N) is 2. The van der Waals surface area contributed by atoms with Crippen LogP contribution in [0.1, 0.15) is 24.0 Å². The van der Waals surface area contributed by atoms with E-state index in [9.17, 15) is 9.59 Å². The lowest BCUT2D eigenvalue weighted by atomic mass is 10.1. The zero-order valence-electron chi connectivity index (χ0n) is 15.1. The van der Waals surface area contributed by atoms with Crippen LogP contribution in [0.15, 0.2) is 60.7 Å². The van der Waals surface area contributed by atoms with Crippen molar-refractivity contribution in [3.05, 3.63) is 71.8 Å². The van der Waals surface area contributed by atoms with Crippen molar-refractivity contribution in [3.63, 3.8) is 0 Å². The molecule has 136 valence electrons. The summed E-state index contributed by atoms with van der Waals surface area (Å²) in [6, 6.07) is 20.5. The summed E-state index contributed by atoms with van der Waals surface area (Å²) in [5, 5.41) is 0. The van der Waals surface area contributed by atoms with Crippen LogP contribution in [0.2, 0.25) is 0 Å². The van der Waals surface area contributed by atoms with Gasteiger partial charge in [0, 0.05) is 13.1 Å². The predicted octanol–water partition coefficient (Wildman–Crippen LogP) is 2.92. The van der Waals surface area contributed by atoms with Crippen LogP contribution in [0.25, 0.3) is 0 Å². The first-order valence-corrected chi connectivity index (χ1v) is 9.36. The molecule has 0 atom stereocenters. The average molecular weight is 350 g/mol. The molecule has 1 aliphatic heterocycles. The Morgan fingerprint density at radius 2 is 1.00 bits per heavy atom. The Balaban J connectivity index is 1.40. The van der Waals surface area contributed by atoms with Gasteiger partial charge in [-0.1, -0.05) is 60.7 Å². The van der Waals surface area contributed by atoms with Gasteiger partial charge in [0.25, 0.3) is 0 Å². The Kier molecular flexibility index (Phi) is 6.42. The maximum Gasteiger partial charge on any atom is 0.242 e. The van der Waals surface area contributed by atoms with Gasteiger partial charge in [-0.05, 0) is 36.8 Å². The first kappa shape index (κ1) is 18.2. The van der Waals surface area contributed by atoms with Gasteiger partial charge in [0.2, 0.25) is 11.8 Å². The van der Waals surface area contributed by atoms with Crippen LogP contribution in [0.3, 0.4) is 0 Å². The molecule has 1 saturated heterocycles. The molecule has 0 N–H and O–H groups in total. The first-order valence-electron chi connectivity index (χ1n) is 9.36. The summed E-state index contributed by atoms with van der Waals surface area (Å²) in [4.78, 5) is 28.1. The molecule has 0 saturated carbocycles. The number of amides is 2. The van der Waals surface area contributed by atoms with Crippen LogP contribution in [0.4, 0.5) is 0 Å². The molecule has 1 aliphatic rings. The van der Waals surface area contributed by atoms with Crippen molar-refractivity contribution < 1.29 is 9.59 Å². The van der Waals surface area contributed by atoms with Crippen molar-refractivity contribution in [3.8, 4) is 0 Å². The number of carbonyl (C=O) groups excluding carboxylic acids is 2. The number of carbonyl (C=O) groups is 2. The molecule has 4 nitrogen and oxygen atoms in total. The number of aryl methyl sites for hydroxylation is 2. The molecule has 0 aliphatic carbocycles. The highest BCUT2D eigenvalue weighted by atomic mass is 16.2. The maximum atomic E-state index is 12.4. The zero-order chi connectivity index (χ0) is 18.2. The van der Waals surface area contributed by atoms with Gasteiger partial charge < -0.3 is 9.80 Å². The fourth-order valence-corrected chi connectivity index (χ4v) is 3.35. The van der Waals surface area contributed by atoms with E-state index in [-0.39, 0.29) is 24.9 Å². The van der Waals surface area contributed by atoms with E-state index in [0.29, 0.717) is 13.1 Å². The molecule has 2 aromatic carbocycles. The van der Waals surface area contributed by atoms with E-state index in [4.69, 9.17) is 0 Å². The zero-order valence-corrected chi connectivity index (χ0v) is 15.1. The normalized spacial score (nSPS) is 14.8. The number of rotatable bonds is 8. The summed E-state index contributed by atoms with van der Waals surface area (Å²) in [6.07, 6.45) is 3.63. The van der Waals surface area contributed by atoms with E-state index in [1.54, 1.807) is 9.80 Å². The van der Waals surface area contributed by atoms with E-state index in [1.807, 2.05) is 36.4 Å². The molecule has 0 bridgehead atoms. The third-order valence-corrected chi connectivity index (χ3v) is 4.83. The van der Waals surface area contributed by atoms with Gasteiger partial charge in [0.05, 0.1) is 13.1 Å². The Bertz CT molecular complexity index is 652. The van der Waals surface area contributed by atoms with Crippen LogP contribution < -0.4 is 0 Å². The molecule has 3 rings (SSSR count). The SMILES string of the molecule is O=C1CN(CCCc2ccccc2)C(=O)CN1CCCc1ccccc1. The van der Waals surface area contributed by atoms with Crippen LogP contribution in [-0.4, -0.2) is 47.8 Å². The molecule has 2 amide bonds. The minimum atomic E-state index is 0.0670. The second kappa shape index (κ2) is 9.18. The summed E-state index contributed by atoms with van der Waals surface area (Å²) < 4.78 is 0. The Morgan fingerprint density at radius 1 is 0.615 bits per heavy atom. The van der Waals surface area contributed by atoms with Crippen LogP contribution >= 0.6 is 0 Å². The minimum absolute atomic E-state index is 0.0670. The number of piperazine rings is 1. The summed E-state index contributed by atoms with van der Waals surface area (Å²) in [7, 11) is 0. The molecule has 4 heteroatoms. The first-order chi connectivity index (χ1) is 12.7. The molecule has 0 radical (unpaired) electrons. The molecule has 1 fully saturated rings. The van der Waals surface area contributed by atoms with Gasteiger partial charge in [-0.25, -0.2) is 0 Å². The second-order valence-corrected chi connectivity index (χ2v) is 6.81. The topological polar surface area (TPSA) is 40.6 Å². The molecule has 1 heterocycles. The number of hydrogen-bond donors (Lipinski definition) is 0. The Hall–Kier alpha value is -2.62. The molecule has 0 unspecified atom stereocenters. The highest BCUT2D eigenvalue weighted by molar-refractivity contribution is 5.92. The van der Waals surface area contributed by atoms with E-state index < -0.39 is 0 Å². The minimum Gasteiger partial charge on any atom is -0.332 e. The fraction of sp³-hybridized carbons (Fsp3) is 0.364. The van der Waals surface area contributed by atoms with Gasteiger partial charge in [0.15, 0.2) is 0 Å². The Morgan fingerprint density at radius 3 is 1.38 bits per heavy atom. The van der Waals surface area contributed by atoms with Crippen LogP contribution in [0, 0.1) is 0 Å². The lowest BCUT2D eigenvalue weighted by molar-refractivity contribution is -0.150. The van der Waals surface area contributed by atoms with Gasteiger partial charge in [-0.2, -0.15) is 0 Å². The van der Waals surface area contributed by atoms with Gasteiger partial charge in [-0.3, -0.25) is 9.59 Å². The summed E-state index contributed by atoms with van der Waals surface area (Å²) in [5.74, 6) is 0.134. The molecule has 2 aromatic rings. The number of benzene rings is 2. The van der Waals surface area contributed by atoms with Crippen LogP contribution in [-0.2, 0) is 22.4 Å². The van der Waals surface area contributed by atoms with Crippen molar-refractivity contribution in [1.82, 2.24) is 9.80 Å². The summed E-state index contributed by atoms with van der Waals surface area (Å²) in [6.45, 7) is 1.74. The molecule has 0 aromatic heterocycles. The average Bonchev–Trinajstić information content (AvgIpc) is 2.67. The van der Waals surface area contributed by atoms with E-state index >= 15 is 0 Å². The summed E-state index contributed by atoms with van der Waals surface area (Å²) >= 11 is 0. The summed E-state index contributed by atoms with van der Waals surface area (Å²) in [5.41, 5.74) is 2.54. The van der Waals surface area contributed by atoms with Crippen molar-refractivity contribution in [2.45, 2.75) is 25.7 Å². The smallest absolute Gasteiger partial charge is 0.242 e. The van der Waals surface area contributed by atoms with Crippen molar-refractivity contribution in [1.29, 1.82) is 0 Å². The molecular weight excluding hydrogens is 324 g/mol. The van der Waals surface area contributed by atoms with Crippen molar-refractivity contribution >= 4 is 11.8 Å². The highest BCUT2D eigenvalue weighted by Crippen LogP contribution is 2.10. The van der Waals surface area contributed by atoms with Gasteiger partial charge in [-0.15, -0.1) is 0 Å². The lowest BCUT2D eigenvalue weighted by Gasteiger charge is -2.34. The quantitative estimate of drug-likeness (QED) is 0.734. The van der Waals surface area contributed by atoms with Gasteiger partial charge in [0.1, 0.15) is 0 Å². The largest absolute Gasteiger partial charge is 0.332 e. The molecule has 26 heavy (non-hydrogen) atoms. The predicted molar refractivity (Wildman–Crippen MR) is 103 cm³/mol. The van der Waals surface area contributed by atoms with Crippen molar-refractivity contribution in [2.24, 2.45) is 0 Å². The number of hydrogen-bond acceptors (Lipinski definition) is 2. The third kappa shape index (κ3) is 5.19. The van der Waals surface area contributed by atoms with Gasteiger partial charge >= 0.3 is 0 Å². The molecule has 0 spiro atoms. The van der Waals surface area contributed by atoms with E-state index in [1.165, 1.54) is 11.1 Å². The lowest BCUT2D eigenvalue weighted by Crippen LogP contribution is -2.54. The highest BCUT2D eigenvalue weighted by Gasteiger charge is 2.28. The van der Waals surface area contributed by atoms with Crippen LogP contribution in [0.5, 0.6) is 0 Å². The molecular formula is C22H26N2O2. The standard InChI is InChI=1S/C22H26N2O2/c25-21-18-24(16-8-14-20-11-5-2-6-12-20)22(26)17-23(21)15-7-13-19-9-3-1-4-10-19/h1-6,9-12H,7-8,13-18H2. The van der Waals surface area contributed by atoms with E-state index in [2.05, 4.69) is 24.3 Å². The Labute approximate surface area is 155 Å². The van der Waals surface area contributed by atoms with Crippen molar-refractivity contribution in [2.75, 3.05) is 26.2 Å².